The summed E-state index contributed by atoms with van der Waals surface area (Å²) in [6.45, 7) is 0.177. The quantitative estimate of drug-likeness (QED) is 0.629. The predicted molar refractivity (Wildman–Crippen MR) is 104 cm³/mol. The van der Waals surface area contributed by atoms with Crippen molar-refractivity contribution in [2.75, 3.05) is 12.0 Å². The first-order valence-corrected chi connectivity index (χ1v) is 11.2. The lowest BCUT2D eigenvalue weighted by Gasteiger charge is -2.18. The van der Waals surface area contributed by atoms with Crippen molar-refractivity contribution in [1.82, 2.24) is 10.0 Å². The largest absolute Gasteiger partial charge is 0.467 e. The lowest BCUT2D eigenvalue weighted by molar-refractivity contribution is -0.123. The summed E-state index contributed by atoms with van der Waals surface area (Å²) in [5, 5.41) is 3.05. The number of carbonyl (C=O) groups excluding carboxylic acids is 1. The van der Waals surface area contributed by atoms with Crippen molar-refractivity contribution in [2.45, 2.75) is 23.9 Å². The maximum absolute atomic E-state index is 12.6. The van der Waals surface area contributed by atoms with Crippen LogP contribution in [0.2, 0.25) is 10.0 Å². The standard InChI is InChI=1S/C16H18Cl2N2O4S2/c1-25-8-6-15(16(21)19-10-11-3-2-7-24-11)20-26(22,23)12-4-5-13(17)14(18)9-12/h2-5,7,9,15,20H,6,8,10H2,1H3,(H,19,21)/t15-/m0/s1. The molecular formula is C16H18Cl2N2O4S2. The molecule has 142 valence electrons. The van der Waals surface area contributed by atoms with Crippen molar-refractivity contribution in [1.29, 1.82) is 0 Å². The topological polar surface area (TPSA) is 88.4 Å². The Morgan fingerprint density at radius 2 is 2.04 bits per heavy atom. The number of carbonyl (C=O) groups is 1. The third-order valence-corrected chi connectivity index (χ3v) is 6.30. The number of hydrogen-bond donors (Lipinski definition) is 2. The van der Waals surface area contributed by atoms with Gasteiger partial charge in [-0.15, -0.1) is 0 Å². The molecule has 1 aromatic heterocycles. The lowest BCUT2D eigenvalue weighted by Crippen LogP contribution is -2.46. The summed E-state index contributed by atoms with van der Waals surface area (Å²) in [5.41, 5.74) is 0. The second-order valence-electron chi connectivity index (χ2n) is 5.33. The number of amides is 1. The Bertz CT molecular complexity index is 842. The summed E-state index contributed by atoms with van der Waals surface area (Å²) >= 11 is 13.2. The fourth-order valence-electron chi connectivity index (χ4n) is 2.09. The SMILES string of the molecule is CSCC[C@H](NS(=O)(=O)c1ccc(Cl)c(Cl)c1)C(=O)NCc1ccco1. The fraction of sp³-hybridized carbons (Fsp3) is 0.312. The van der Waals surface area contributed by atoms with Gasteiger partial charge in [0, 0.05) is 0 Å². The Morgan fingerprint density at radius 3 is 2.65 bits per heavy atom. The normalized spacial score (nSPS) is 12.7. The Balaban J connectivity index is 2.11. The Hall–Kier alpha value is -1.19. The van der Waals surface area contributed by atoms with Gasteiger partial charge in [-0.25, -0.2) is 8.42 Å². The number of benzene rings is 1. The van der Waals surface area contributed by atoms with Crippen LogP contribution in [0.4, 0.5) is 0 Å². The van der Waals surface area contributed by atoms with Crippen LogP contribution in [0.1, 0.15) is 12.2 Å². The molecule has 0 unspecified atom stereocenters. The van der Waals surface area contributed by atoms with Crippen LogP contribution in [0.3, 0.4) is 0 Å². The number of thioether (sulfide) groups is 1. The summed E-state index contributed by atoms with van der Waals surface area (Å²) in [4.78, 5) is 12.4. The van der Waals surface area contributed by atoms with E-state index < -0.39 is 22.0 Å². The first-order valence-electron chi connectivity index (χ1n) is 7.60. The van der Waals surface area contributed by atoms with E-state index in [0.29, 0.717) is 17.9 Å². The van der Waals surface area contributed by atoms with E-state index in [1.807, 2.05) is 6.26 Å². The van der Waals surface area contributed by atoms with Gasteiger partial charge in [0.1, 0.15) is 11.8 Å². The van der Waals surface area contributed by atoms with Crippen molar-refractivity contribution in [3.63, 3.8) is 0 Å². The molecule has 2 N–H and O–H groups in total. The van der Waals surface area contributed by atoms with Gasteiger partial charge in [-0.3, -0.25) is 4.79 Å². The van der Waals surface area contributed by atoms with Crippen LogP contribution >= 0.6 is 35.0 Å². The molecule has 0 saturated heterocycles. The average Bonchev–Trinajstić information content (AvgIpc) is 3.12. The summed E-state index contributed by atoms with van der Waals surface area (Å²) < 4.78 is 32.8. The van der Waals surface area contributed by atoms with Crippen LogP contribution in [-0.2, 0) is 21.4 Å². The van der Waals surface area contributed by atoms with Crippen LogP contribution < -0.4 is 10.0 Å². The number of hydrogen-bond acceptors (Lipinski definition) is 5. The third-order valence-electron chi connectivity index (χ3n) is 3.44. The molecule has 0 bridgehead atoms. The smallest absolute Gasteiger partial charge is 0.241 e. The van der Waals surface area contributed by atoms with Crippen LogP contribution in [-0.4, -0.2) is 32.4 Å². The molecule has 0 saturated carbocycles. The molecule has 0 aliphatic heterocycles. The Labute approximate surface area is 166 Å². The lowest BCUT2D eigenvalue weighted by atomic mass is 10.2. The minimum absolute atomic E-state index is 0.0557. The van der Waals surface area contributed by atoms with E-state index >= 15 is 0 Å². The van der Waals surface area contributed by atoms with Gasteiger partial charge in [-0.1, -0.05) is 23.2 Å². The van der Waals surface area contributed by atoms with Crippen LogP contribution in [0, 0.1) is 0 Å². The maximum atomic E-state index is 12.6. The molecule has 6 nitrogen and oxygen atoms in total. The summed E-state index contributed by atoms with van der Waals surface area (Å²) in [5.74, 6) is 0.760. The first kappa shape index (κ1) is 21.1. The Morgan fingerprint density at radius 1 is 1.27 bits per heavy atom. The van der Waals surface area contributed by atoms with E-state index in [1.54, 1.807) is 12.1 Å². The minimum Gasteiger partial charge on any atom is -0.467 e. The van der Waals surface area contributed by atoms with Crippen LogP contribution in [0.15, 0.2) is 45.9 Å². The highest BCUT2D eigenvalue weighted by atomic mass is 35.5. The zero-order valence-electron chi connectivity index (χ0n) is 13.9. The van der Waals surface area contributed by atoms with Gasteiger partial charge >= 0.3 is 0 Å². The predicted octanol–water partition coefficient (Wildman–Crippen LogP) is 3.30. The second-order valence-corrected chi connectivity index (χ2v) is 8.84. The van der Waals surface area contributed by atoms with E-state index in [0.717, 1.165) is 0 Å². The van der Waals surface area contributed by atoms with Crippen molar-refractivity contribution >= 4 is 50.9 Å². The molecule has 1 heterocycles. The second kappa shape index (κ2) is 9.66. The summed E-state index contributed by atoms with van der Waals surface area (Å²) in [6.07, 6.45) is 3.72. The van der Waals surface area contributed by atoms with Gasteiger partial charge in [0.05, 0.1) is 27.7 Å². The molecule has 1 amide bonds. The van der Waals surface area contributed by atoms with E-state index in [2.05, 4.69) is 10.0 Å². The number of sulfonamides is 1. The summed E-state index contributed by atoms with van der Waals surface area (Å²) in [6, 6.07) is 6.49. The summed E-state index contributed by atoms with van der Waals surface area (Å²) in [7, 11) is -3.93. The number of nitrogens with one attached hydrogen (secondary N) is 2. The molecule has 0 aliphatic rings. The zero-order chi connectivity index (χ0) is 19.2. The van der Waals surface area contributed by atoms with Crippen molar-refractivity contribution in [3.05, 3.63) is 52.4 Å². The highest BCUT2D eigenvalue weighted by molar-refractivity contribution is 7.98. The van der Waals surface area contributed by atoms with Crippen LogP contribution in [0.5, 0.6) is 0 Å². The zero-order valence-corrected chi connectivity index (χ0v) is 17.0. The van der Waals surface area contributed by atoms with Crippen molar-refractivity contribution < 1.29 is 17.6 Å². The average molecular weight is 437 g/mol. The van der Waals surface area contributed by atoms with Gasteiger partial charge in [-0.2, -0.15) is 16.5 Å². The van der Waals surface area contributed by atoms with Crippen LogP contribution in [0.25, 0.3) is 0 Å². The number of furan rings is 1. The van der Waals surface area contributed by atoms with Crippen molar-refractivity contribution in [3.8, 4) is 0 Å². The molecule has 0 radical (unpaired) electrons. The van der Waals surface area contributed by atoms with E-state index in [4.69, 9.17) is 27.6 Å². The molecule has 0 spiro atoms. The third kappa shape index (κ3) is 5.92. The molecule has 0 fully saturated rings. The van der Waals surface area contributed by atoms with E-state index in [9.17, 15) is 13.2 Å². The van der Waals surface area contributed by atoms with Gasteiger partial charge in [-0.05, 0) is 48.8 Å². The Kier molecular flexibility index (Phi) is 7.85. The van der Waals surface area contributed by atoms with Gasteiger partial charge in [0.25, 0.3) is 0 Å². The fourth-order valence-corrected chi connectivity index (χ4v) is 4.18. The van der Waals surface area contributed by atoms with Gasteiger partial charge < -0.3 is 9.73 Å². The number of halogens is 2. The van der Waals surface area contributed by atoms with Gasteiger partial charge in [0.2, 0.25) is 15.9 Å². The van der Waals surface area contributed by atoms with E-state index in [-0.39, 0.29) is 21.5 Å². The molecule has 26 heavy (non-hydrogen) atoms. The van der Waals surface area contributed by atoms with E-state index in [1.165, 1.54) is 36.2 Å². The highest BCUT2D eigenvalue weighted by Crippen LogP contribution is 2.25. The molecule has 0 aliphatic carbocycles. The highest BCUT2D eigenvalue weighted by Gasteiger charge is 2.26. The van der Waals surface area contributed by atoms with Gasteiger partial charge in [0.15, 0.2) is 0 Å². The molecule has 10 heteroatoms. The molecular weight excluding hydrogens is 419 g/mol. The van der Waals surface area contributed by atoms with Crippen molar-refractivity contribution in [2.24, 2.45) is 0 Å². The minimum atomic E-state index is -3.93. The number of rotatable bonds is 9. The molecule has 1 atom stereocenters. The maximum Gasteiger partial charge on any atom is 0.241 e. The monoisotopic (exact) mass is 436 g/mol. The first-order chi connectivity index (χ1) is 12.3. The molecule has 2 aromatic rings. The molecule has 2 rings (SSSR count). The molecule has 1 aromatic carbocycles.